The molecule has 1 aromatic heterocycles. The minimum atomic E-state index is 0.984. The zero-order valence-corrected chi connectivity index (χ0v) is 22.0. The molecule has 0 atom stereocenters. The Bertz CT molecular complexity index is 1970. The quantitative estimate of drug-likeness (QED) is 0.234. The van der Waals surface area contributed by atoms with Crippen LogP contribution in [0.25, 0.3) is 43.8 Å². The topological polar surface area (TPSA) is 16.1 Å². The number of benzene rings is 6. The standard InChI is InChI=1S/C38H26N2/c1-2-9-33(10-3-1)40(35-18-20-39-21-19-35)34-16-14-26(15-17-34)28-12-13-29-23-32-24-30-8-4-6-27-7-5-11-36(38(27)30)37(32)25-31(29)22-28/h1-23,25H,24H2. The summed E-state index contributed by atoms with van der Waals surface area (Å²) in [4.78, 5) is 6.48. The van der Waals surface area contributed by atoms with Crippen molar-refractivity contribution in [2.75, 3.05) is 4.90 Å². The predicted octanol–water partition coefficient (Wildman–Crippen LogP) is 10.1. The SMILES string of the molecule is c1ccc(N(c2ccncc2)c2ccc(-c3ccc4cc5c(cc4c3)-c3cccc4cccc(c34)C5)cc2)cc1. The first kappa shape index (κ1) is 22.7. The van der Waals surface area contributed by atoms with Gasteiger partial charge >= 0.3 is 0 Å². The highest BCUT2D eigenvalue weighted by atomic mass is 15.1. The Labute approximate surface area is 233 Å². The maximum Gasteiger partial charge on any atom is 0.0492 e. The van der Waals surface area contributed by atoms with Crippen LogP contribution in [-0.2, 0) is 6.42 Å². The van der Waals surface area contributed by atoms with Gasteiger partial charge in [0.05, 0.1) is 0 Å². The molecule has 0 fully saturated rings. The highest BCUT2D eigenvalue weighted by Crippen LogP contribution is 2.42. The van der Waals surface area contributed by atoms with Gasteiger partial charge in [-0.05, 0) is 110 Å². The van der Waals surface area contributed by atoms with Gasteiger partial charge in [-0.1, -0.05) is 84.9 Å². The minimum absolute atomic E-state index is 0.984. The van der Waals surface area contributed by atoms with E-state index in [-0.39, 0.29) is 0 Å². The largest absolute Gasteiger partial charge is 0.310 e. The van der Waals surface area contributed by atoms with Crippen LogP contribution in [-0.4, -0.2) is 4.98 Å². The van der Waals surface area contributed by atoms with Gasteiger partial charge in [-0.25, -0.2) is 0 Å². The summed E-state index contributed by atoms with van der Waals surface area (Å²) in [6.45, 7) is 0. The van der Waals surface area contributed by atoms with Crippen LogP contribution in [0.1, 0.15) is 11.1 Å². The molecule has 0 spiro atoms. The van der Waals surface area contributed by atoms with Gasteiger partial charge < -0.3 is 4.90 Å². The van der Waals surface area contributed by atoms with Crippen molar-refractivity contribution < 1.29 is 0 Å². The number of para-hydroxylation sites is 1. The van der Waals surface area contributed by atoms with E-state index in [0.29, 0.717) is 0 Å². The summed E-state index contributed by atoms with van der Waals surface area (Å²) in [5, 5.41) is 5.30. The normalized spacial score (nSPS) is 11.9. The molecule has 40 heavy (non-hydrogen) atoms. The molecular weight excluding hydrogens is 484 g/mol. The number of pyridine rings is 1. The summed E-state index contributed by atoms with van der Waals surface area (Å²) in [7, 11) is 0. The molecule has 1 heterocycles. The van der Waals surface area contributed by atoms with E-state index in [2.05, 4.69) is 125 Å². The number of fused-ring (bicyclic) bond motifs is 3. The molecule has 2 nitrogen and oxygen atoms in total. The van der Waals surface area contributed by atoms with Crippen LogP contribution in [0.3, 0.4) is 0 Å². The maximum absolute atomic E-state index is 4.22. The van der Waals surface area contributed by atoms with Gasteiger partial charge in [0.25, 0.3) is 0 Å². The Morgan fingerprint density at radius 3 is 2.00 bits per heavy atom. The molecule has 0 N–H and O–H groups in total. The lowest BCUT2D eigenvalue weighted by Crippen LogP contribution is -2.09. The average Bonchev–Trinajstić information content (AvgIpc) is 3.02. The Morgan fingerprint density at radius 2 is 1.18 bits per heavy atom. The van der Waals surface area contributed by atoms with E-state index < -0.39 is 0 Å². The molecule has 0 saturated carbocycles. The molecule has 0 saturated heterocycles. The zero-order valence-electron chi connectivity index (χ0n) is 22.0. The van der Waals surface area contributed by atoms with Gasteiger partial charge in [0, 0.05) is 29.5 Å². The van der Waals surface area contributed by atoms with Crippen LogP contribution in [0.5, 0.6) is 0 Å². The summed E-state index contributed by atoms with van der Waals surface area (Å²) in [6, 6.07) is 48.4. The van der Waals surface area contributed by atoms with Crippen molar-refractivity contribution in [3.05, 3.63) is 157 Å². The Hall–Kier alpha value is -5.21. The van der Waals surface area contributed by atoms with Gasteiger partial charge in [0.15, 0.2) is 0 Å². The fourth-order valence-electron chi connectivity index (χ4n) is 6.24. The van der Waals surface area contributed by atoms with E-state index in [9.17, 15) is 0 Å². The molecule has 0 aliphatic heterocycles. The number of rotatable bonds is 4. The van der Waals surface area contributed by atoms with Gasteiger partial charge in [-0.3, -0.25) is 4.98 Å². The summed E-state index contributed by atoms with van der Waals surface area (Å²) in [6.07, 6.45) is 4.66. The first-order chi connectivity index (χ1) is 19.8. The molecule has 6 aromatic carbocycles. The predicted molar refractivity (Wildman–Crippen MR) is 168 cm³/mol. The van der Waals surface area contributed by atoms with Crippen LogP contribution in [0, 0.1) is 0 Å². The van der Waals surface area contributed by atoms with Crippen molar-refractivity contribution in [2.24, 2.45) is 0 Å². The molecule has 8 rings (SSSR count). The first-order valence-electron chi connectivity index (χ1n) is 13.8. The van der Waals surface area contributed by atoms with E-state index in [1.165, 1.54) is 54.9 Å². The minimum Gasteiger partial charge on any atom is -0.310 e. The molecule has 7 aromatic rings. The van der Waals surface area contributed by atoms with Gasteiger partial charge in [0.1, 0.15) is 0 Å². The van der Waals surface area contributed by atoms with Crippen LogP contribution in [0.2, 0.25) is 0 Å². The summed E-state index contributed by atoms with van der Waals surface area (Å²) in [5.74, 6) is 0. The Morgan fingerprint density at radius 1 is 0.450 bits per heavy atom. The van der Waals surface area contributed by atoms with Crippen LogP contribution in [0.4, 0.5) is 17.1 Å². The Balaban J connectivity index is 1.19. The van der Waals surface area contributed by atoms with E-state index in [1.807, 2.05) is 30.6 Å². The monoisotopic (exact) mass is 510 g/mol. The van der Waals surface area contributed by atoms with Crippen molar-refractivity contribution in [2.45, 2.75) is 6.42 Å². The maximum atomic E-state index is 4.22. The summed E-state index contributed by atoms with van der Waals surface area (Å²) >= 11 is 0. The Kier molecular flexibility index (Phi) is 5.24. The molecular formula is C38H26N2. The lowest BCUT2D eigenvalue weighted by molar-refractivity contribution is 1.21. The summed E-state index contributed by atoms with van der Waals surface area (Å²) in [5.41, 5.74) is 11.3. The zero-order chi connectivity index (χ0) is 26.5. The van der Waals surface area contributed by atoms with E-state index in [4.69, 9.17) is 0 Å². The lowest BCUT2D eigenvalue weighted by atomic mass is 9.82. The second-order valence-corrected chi connectivity index (χ2v) is 10.5. The smallest absolute Gasteiger partial charge is 0.0492 e. The molecule has 1 aliphatic carbocycles. The lowest BCUT2D eigenvalue weighted by Gasteiger charge is -2.25. The second-order valence-electron chi connectivity index (χ2n) is 10.5. The fraction of sp³-hybridized carbons (Fsp3) is 0.0263. The van der Waals surface area contributed by atoms with Crippen molar-refractivity contribution in [1.82, 2.24) is 4.98 Å². The third kappa shape index (κ3) is 3.77. The van der Waals surface area contributed by atoms with Crippen molar-refractivity contribution >= 4 is 38.6 Å². The highest BCUT2D eigenvalue weighted by Gasteiger charge is 2.19. The average molecular weight is 511 g/mol. The van der Waals surface area contributed by atoms with E-state index >= 15 is 0 Å². The van der Waals surface area contributed by atoms with Crippen LogP contribution in [0.15, 0.2) is 146 Å². The highest BCUT2D eigenvalue weighted by molar-refractivity contribution is 6.04. The molecule has 0 amide bonds. The van der Waals surface area contributed by atoms with Gasteiger partial charge in [0.2, 0.25) is 0 Å². The number of hydrogen-bond acceptors (Lipinski definition) is 2. The molecule has 0 bridgehead atoms. The molecule has 0 radical (unpaired) electrons. The van der Waals surface area contributed by atoms with E-state index in [1.54, 1.807) is 0 Å². The van der Waals surface area contributed by atoms with Crippen LogP contribution >= 0.6 is 0 Å². The number of nitrogens with zero attached hydrogens (tertiary/aromatic N) is 2. The molecule has 188 valence electrons. The third-order valence-corrected chi connectivity index (χ3v) is 8.12. The molecule has 2 heteroatoms. The first-order valence-corrected chi connectivity index (χ1v) is 13.8. The van der Waals surface area contributed by atoms with Gasteiger partial charge in [-0.2, -0.15) is 0 Å². The van der Waals surface area contributed by atoms with Crippen molar-refractivity contribution in [1.29, 1.82) is 0 Å². The molecule has 1 aliphatic rings. The molecule has 0 unspecified atom stereocenters. The van der Waals surface area contributed by atoms with E-state index in [0.717, 1.165) is 23.5 Å². The second kappa shape index (κ2) is 9.21. The van der Waals surface area contributed by atoms with Crippen LogP contribution < -0.4 is 4.90 Å². The van der Waals surface area contributed by atoms with Crippen molar-refractivity contribution in [3.63, 3.8) is 0 Å². The number of aromatic nitrogens is 1. The van der Waals surface area contributed by atoms with Crippen molar-refractivity contribution in [3.8, 4) is 22.3 Å². The fourth-order valence-corrected chi connectivity index (χ4v) is 6.24. The number of anilines is 3. The third-order valence-electron chi connectivity index (χ3n) is 8.12. The van der Waals surface area contributed by atoms with Gasteiger partial charge in [-0.15, -0.1) is 0 Å². The summed E-state index contributed by atoms with van der Waals surface area (Å²) < 4.78 is 0. The number of hydrogen-bond donors (Lipinski definition) is 0.